The van der Waals surface area contributed by atoms with Crippen molar-refractivity contribution in [2.75, 3.05) is 13.1 Å². The lowest BCUT2D eigenvalue weighted by Crippen LogP contribution is -2.12. The zero-order chi connectivity index (χ0) is 21.6. The lowest BCUT2D eigenvalue weighted by Gasteiger charge is -2.14. The molecule has 5 heteroatoms. The third-order valence-electron chi connectivity index (χ3n) is 4.56. The maximum Gasteiger partial charge on any atom is 0.335 e. The third-order valence-corrected chi connectivity index (χ3v) is 4.56. The Hall–Kier alpha value is -2.66. The molecular formula is C24H33NO4. The number of aromatic carboxylic acids is 1. The van der Waals surface area contributed by atoms with Gasteiger partial charge in [-0.3, -0.25) is 4.79 Å². The van der Waals surface area contributed by atoms with Crippen LogP contribution in [0.5, 0.6) is 5.75 Å². The number of phenolic OH excluding ortho intramolecular Hbond substituents is 1. The van der Waals surface area contributed by atoms with Gasteiger partial charge in [0.2, 0.25) is 0 Å². The minimum atomic E-state index is -1.08. The van der Waals surface area contributed by atoms with Gasteiger partial charge in [-0.25, -0.2) is 4.79 Å². The molecule has 0 aliphatic rings. The fourth-order valence-corrected chi connectivity index (χ4v) is 3.06. The number of nitrogens with one attached hydrogen (secondary N) is 1. The number of carboxylic acids is 1. The highest BCUT2D eigenvalue weighted by molar-refractivity contribution is 6.13. The molecule has 158 valence electrons. The summed E-state index contributed by atoms with van der Waals surface area (Å²) in [5.74, 6) is -1.59. The third kappa shape index (κ3) is 7.70. The van der Waals surface area contributed by atoms with E-state index in [1.807, 2.05) is 0 Å². The zero-order valence-corrected chi connectivity index (χ0v) is 17.7. The Bertz CT molecular complexity index is 770. The molecule has 0 atom stereocenters. The Labute approximate surface area is 173 Å². The number of hydrogen-bond donors (Lipinski definition) is 3. The number of carbonyl (C=O) groups excluding carboxylic acids is 1. The van der Waals surface area contributed by atoms with Crippen LogP contribution in [0.2, 0.25) is 0 Å². The van der Waals surface area contributed by atoms with Gasteiger partial charge in [0.05, 0.1) is 11.1 Å². The predicted molar refractivity (Wildman–Crippen MR) is 117 cm³/mol. The fraction of sp³-hybridized carbons (Fsp3) is 0.417. The summed E-state index contributed by atoms with van der Waals surface area (Å²) in [4.78, 5) is 24.3. The van der Waals surface area contributed by atoms with Gasteiger partial charge < -0.3 is 15.5 Å². The molecule has 0 amide bonds. The highest BCUT2D eigenvalue weighted by Gasteiger charge is 2.23. The number of benzene rings is 2. The van der Waals surface area contributed by atoms with E-state index in [2.05, 4.69) is 26.1 Å². The van der Waals surface area contributed by atoms with Crippen molar-refractivity contribution in [2.24, 2.45) is 0 Å². The van der Waals surface area contributed by atoms with Crippen LogP contribution in [-0.2, 0) is 6.42 Å². The largest absolute Gasteiger partial charge is 0.507 e. The predicted octanol–water partition coefficient (Wildman–Crippen LogP) is 5.06. The smallest absolute Gasteiger partial charge is 0.335 e. The SMILES string of the molecule is CCCCCCc1c(C(=O)O)ccc(O)c1C(=O)c1ccccc1.CCNCC. The molecule has 0 aliphatic carbocycles. The summed E-state index contributed by atoms with van der Waals surface area (Å²) >= 11 is 0. The van der Waals surface area contributed by atoms with E-state index in [1.165, 1.54) is 12.1 Å². The van der Waals surface area contributed by atoms with Crippen molar-refractivity contribution in [1.29, 1.82) is 0 Å². The molecule has 3 N–H and O–H groups in total. The Balaban J connectivity index is 0.000000749. The van der Waals surface area contributed by atoms with Crippen LogP contribution in [0.3, 0.4) is 0 Å². The molecule has 0 spiro atoms. The van der Waals surface area contributed by atoms with Crippen LogP contribution in [0, 0.1) is 0 Å². The molecule has 0 heterocycles. The van der Waals surface area contributed by atoms with Crippen LogP contribution in [0.15, 0.2) is 42.5 Å². The summed E-state index contributed by atoms with van der Waals surface area (Å²) in [6.45, 7) is 8.49. The maximum absolute atomic E-state index is 12.8. The number of aromatic hydroxyl groups is 1. The minimum absolute atomic E-state index is 0.0866. The number of rotatable bonds is 10. The van der Waals surface area contributed by atoms with Gasteiger partial charge in [-0.05, 0) is 43.6 Å². The van der Waals surface area contributed by atoms with E-state index in [9.17, 15) is 19.8 Å². The van der Waals surface area contributed by atoms with Crippen molar-refractivity contribution < 1.29 is 19.8 Å². The maximum atomic E-state index is 12.8. The van der Waals surface area contributed by atoms with Crippen LogP contribution < -0.4 is 5.32 Å². The van der Waals surface area contributed by atoms with E-state index in [4.69, 9.17) is 0 Å². The summed E-state index contributed by atoms with van der Waals surface area (Å²) in [5, 5.41) is 22.8. The average Bonchev–Trinajstić information content (AvgIpc) is 2.72. The summed E-state index contributed by atoms with van der Waals surface area (Å²) in [7, 11) is 0. The van der Waals surface area contributed by atoms with Crippen molar-refractivity contribution in [2.45, 2.75) is 52.9 Å². The Morgan fingerprint density at radius 2 is 1.55 bits per heavy atom. The van der Waals surface area contributed by atoms with E-state index in [1.54, 1.807) is 30.3 Å². The molecule has 0 saturated heterocycles. The standard InChI is InChI=1S/C20H22O4.C4H11N/c1-2-3-4-8-11-15-16(20(23)24)12-13-17(21)18(15)19(22)14-9-6-5-7-10-14;1-3-5-4-2/h5-7,9-10,12-13,21H,2-4,8,11H2,1H3,(H,23,24);5H,3-4H2,1-2H3. The summed E-state index contributed by atoms with van der Waals surface area (Å²) in [6.07, 6.45) is 4.34. The van der Waals surface area contributed by atoms with Crippen molar-refractivity contribution >= 4 is 11.8 Å². The van der Waals surface area contributed by atoms with E-state index in [0.29, 0.717) is 17.5 Å². The van der Waals surface area contributed by atoms with Gasteiger partial charge in [-0.15, -0.1) is 0 Å². The number of ketones is 1. The molecule has 2 aromatic rings. The van der Waals surface area contributed by atoms with Crippen LogP contribution >= 0.6 is 0 Å². The second-order valence-corrected chi connectivity index (χ2v) is 6.75. The van der Waals surface area contributed by atoms with Crippen LogP contribution in [0.4, 0.5) is 0 Å². The number of hydrogen-bond acceptors (Lipinski definition) is 4. The topological polar surface area (TPSA) is 86.6 Å². The monoisotopic (exact) mass is 399 g/mol. The lowest BCUT2D eigenvalue weighted by molar-refractivity contribution is 0.0695. The first-order valence-electron chi connectivity index (χ1n) is 10.4. The van der Waals surface area contributed by atoms with Gasteiger partial charge >= 0.3 is 5.97 Å². The number of phenols is 1. The second-order valence-electron chi connectivity index (χ2n) is 6.75. The Morgan fingerprint density at radius 1 is 0.897 bits per heavy atom. The highest BCUT2D eigenvalue weighted by atomic mass is 16.4. The molecule has 2 aromatic carbocycles. The van der Waals surface area contributed by atoms with Crippen molar-refractivity contribution in [1.82, 2.24) is 5.32 Å². The molecule has 0 unspecified atom stereocenters. The van der Waals surface area contributed by atoms with Crippen molar-refractivity contribution in [3.63, 3.8) is 0 Å². The van der Waals surface area contributed by atoms with Crippen LogP contribution in [0.25, 0.3) is 0 Å². The van der Waals surface area contributed by atoms with Gasteiger partial charge in [0.25, 0.3) is 0 Å². The van der Waals surface area contributed by atoms with Gasteiger partial charge in [-0.2, -0.15) is 0 Å². The Morgan fingerprint density at radius 3 is 2.07 bits per heavy atom. The zero-order valence-electron chi connectivity index (χ0n) is 17.7. The summed E-state index contributed by atoms with van der Waals surface area (Å²) in [5.41, 5.74) is 1.05. The van der Waals surface area contributed by atoms with Crippen LogP contribution in [-0.4, -0.2) is 35.1 Å². The molecule has 0 bridgehead atoms. The van der Waals surface area contributed by atoms with Gasteiger partial charge in [0, 0.05) is 5.56 Å². The van der Waals surface area contributed by atoms with Gasteiger partial charge in [0.1, 0.15) is 5.75 Å². The van der Waals surface area contributed by atoms with E-state index < -0.39 is 5.97 Å². The van der Waals surface area contributed by atoms with E-state index in [0.717, 1.165) is 38.8 Å². The Kier molecular flexibility index (Phi) is 11.4. The number of unbranched alkanes of at least 4 members (excludes halogenated alkanes) is 3. The molecule has 5 nitrogen and oxygen atoms in total. The minimum Gasteiger partial charge on any atom is -0.507 e. The average molecular weight is 400 g/mol. The molecule has 0 saturated carbocycles. The van der Waals surface area contributed by atoms with Gasteiger partial charge in [0.15, 0.2) is 5.78 Å². The van der Waals surface area contributed by atoms with E-state index in [-0.39, 0.29) is 22.7 Å². The fourth-order valence-electron chi connectivity index (χ4n) is 3.06. The molecule has 0 fully saturated rings. The summed E-state index contributed by atoms with van der Waals surface area (Å²) in [6, 6.07) is 11.3. The molecule has 0 aliphatic heterocycles. The number of carbonyl (C=O) groups is 2. The van der Waals surface area contributed by atoms with Gasteiger partial charge in [-0.1, -0.05) is 70.4 Å². The lowest BCUT2D eigenvalue weighted by atomic mass is 9.90. The van der Waals surface area contributed by atoms with Crippen molar-refractivity contribution in [3.05, 3.63) is 64.7 Å². The van der Waals surface area contributed by atoms with Crippen molar-refractivity contribution in [3.8, 4) is 5.75 Å². The molecule has 0 aromatic heterocycles. The first-order valence-corrected chi connectivity index (χ1v) is 10.4. The highest BCUT2D eigenvalue weighted by Crippen LogP contribution is 2.29. The molecule has 0 radical (unpaired) electrons. The molecular weight excluding hydrogens is 366 g/mol. The first-order chi connectivity index (χ1) is 14.0. The van der Waals surface area contributed by atoms with E-state index >= 15 is 0 Å². The second kappa shape index (κ2) is 13.5. The molecule has 2 rings (SSSR count). The molecule has 29 heavy (non-hydrogen) atoms. The quantitative estimate of drug-likeness (QED) is 0.384. The normalized spacial score (nSPS) is 10.2. The first kappa shape index (κ1) is 24.4. The number of carboxylic acid groups (broad SMARTS) is 1. The van der Waals surface area contributed by atoms with Crippen LogP contribution in [0.1, 0.15) is 78.3 Å². The summed E-state index contributed by atoms with van der Waals surface area (Å²) < 4.78 is 0.